The number of nitrogens with zero attached hydrogens (tertiary/aromatic N) is 2. The fourth-order valence-corrected chi connectivity index (χ4v) is 4.10. The molecule has 0 spiro atoms. The number of anilines is 1. The van der Waals surface area contributed by atoms with Crippen LogP contribution in [0.25, 0.3) is 6.08 Å². The zero-order valence-electron chi connectivity index (χ0n) is 17.8. The van der Waals surface area contributed by atoms with Crippen molar-refractivity contribution in [3.8, 4) is 11.8 Å². The van der Waals surface area contributed by atoms with E-state index in [4.69, 9.17) is 27.9 Å². The minimum Gasteiger partial charge on any atom is -0.489 e. The van der Waals surface area contributed by atoms with Gasteiger partial charge >= 0.3 is 6.18 Å². The molecule has 1 N–H and O–H groups in total. The summed E-state index contributed by atoms with van der Waals surface area (Å²) in [6.07, 6.45) is -0.108. The lowest BCUT2D eigenvalue weighted by Gasteiger charge is -2.09. The average molecular weight is 538 g/mol. The number of amides is 1. The van der Waals surface area contributed by atoms with E-state index in [1.54, 1.807) is 24.3 Å². The number of benzene rings is 2. The number of ether oxygens (including phenoxy) is 1. The molecule has 1 aromatic heterocycles. The summed E-state index contributed by atoms with van der Waals surface area (Å²) < 4.78 is 44.6. The zero-order chi connectivity index (χ0) is 25.6. The van der Waals surface area contributed by atoms with Crippen molar-refractivity contribution in [2.75, 3.05) is 11.9 Å². The Balaban J connectivity index is 1.77. The standard InChI is InChI=1S/C24H16Cl2F3N3O2S/c1-2-7-34-21-6-4-18(25)10-15(21)8-16(12-30)22(33)32-23-31-13-19(35-23)11-14-9-17(24(27,28)29)3-5-20(14)26/h2-6,8-10,13H,1,7,11H2,(H,31,32,33). The second-order valence-electron chi connectivity index (χ2n) is 7.02. The van der Waals surface area contributed by atoms with E-state index < -0.39 is 17.6 Å². The van der Waals surface area contributed by atoms with Gasteiger partial charge in [0.15, 0.2) is 5.13 Å². The van der Waals surface area contributed by atoms with Crippen molar-refractivity contribution in [2.45, 2.75) is 12.6 Å². The summed E-state index contributed by atoms with van der Waals surface area (Å²) in [5, 5.41) is 12.8. The van der Waals surface area contributed by atoms with Gasteiger partial charge in [0.2, 0.25) is 0 Å². The van der Waals surface area contributed by atoms with E-state index in [0.29, 0.717) is 21.2 Å². The van der Waals surface area contributed by atoms with E-state index in [1.165, 1.54) is 18.3 Å². The van der Waals surface area contributed by atoms with Crippen LogP contribution in [0.5, 0.6) is 5.75 Å². The number of thiazole rings is 1. The van der Waals surface area contributed by atoms with Crippen LogP contribution in [0, 0.1) is 11.3 Å². The van der Waals surface area contributed by atoms with Crippen LogP contribution in [-0.4, -0.2) is 17.5 Å². The van der Waals surface area contributed by atoms with Gasteiger partial charge < -0.3 is 4.74 Å². The highest BCUT2D eigenvalue weighted by atomic mass is 35.5. The Morgan fingerprint density at radius 3 is 2.71 bits per heavy atom. The van der Waals surface area contributed by atoms with E-state index >= 15 is 0 Å². The third-order valence-corrected chi connectivity index (χ3v) is 6.02. The van der Waals surface area contributed by atoms with Crippen molar-refractivity contribution in [3.63, 3.8) is 0 Å². The zero-order valence-corrected chi connectivity index (χ0v) is 20.2. The second-order valence-corrected chi connectivity index (χ2v) is 8.98. The molecule has 0 aliphatic heterocycles. The summed E-state index contributed by atoms with van der Waals surface area (Å²) in [5.74, 6) is -0.315. The first-order valence-electron chi connectivity index (χ1n) is 9.87. The molecule has 0 radical (unpaired) electrons. The molecule has 0 atom stereocenters. The summed E-state index contributed by atoms with van der Waals surface area (Å²) in [7, 11) is 0. The van der Waals surface area contributed by atoms with Crippen LogP contribution in [0.15, 0.2) is 60.8 Å². The van der Waals surface area contributed by atoms with Crippen molar-refractivity contribution in [2.24, 2.45) is 0 Å². The molecule has 0 aliphatic carbocycles. The molecular weight excluding hydrogens is 522 g/mol. The average Bonchev–Trinajstić information content (AvgIpc) is 3.24. The third-order valence-electron chi connectivity index (χ3n) is 4.51. The molecule has 2 aromatic carbocycles. The Kier molecular flexibility index (Phi) is 8.57. The molecule has 1 amide bonds. The monoisotopic (exact) mass is 537 g/mol. The number of nitrogens with one attached hydrogen (secondary N) is 1. The first kappa shape index (κ1) is 26.3. The molecule has 0 fully saturated rings. The molecule has 0 unspecified atom stereocenters. The lowest BCUT2D eigenvalue weighted by Crippen LogP contribution is -2.13. The minimum atomic E-state index is -4.49. The Hall–Kier alpha value is -3.32. The van der Waals surface area contributed by atoms with Crippen molar-refractivity contribution in [3.05, 3.63) is 92.4 Å². The van der Waals surface area contributed by atoms with Crippen LogP contribution in [0.4, 0.5) is 18.3 Å². The van der Waals surface area contributed by atoms with Gasteiger partial charge in [-0.25, -0.2) is 4.98 Å². The van der Waals surface area contributed by atoms with E-state index in [2.05, 4.69) is 16.9 Å². The Bertz CT molecular complexity index is 1330. The fraction of sp³-hybridized carbons (Fsp3) is 0.125. The number of carbonyl (C=O) groups excluding carboxylic acids is 1. The van der Waals surface area contributed by atoms with Gasteiger partial charge in [-0.05, 0) is 48.0 Å². The maximum absolute atomic E-state index is 13.0. The smallest absolute Gasteiger partial charge is 0.416 e. The Labute approximate surface area is 213 Å². The molecule has 5 nitrogen and oxygen atoms in total. The number of rotatable bonds is 8. The quantitative estimate of drug-likeness (QED) is 0.188. The molecule has 3 rings (SSSR count). The van der Waals surface area contributed by atoms with E-state index in [1.807, 2.05) is 6.07 Å². The lowest BCUT2D eigenvalue weighted by molar-refractivity contribution is -0.137. The van der Waals surface area contributed by atoms with Gasteiger partial charge in [0.1, 0.15) is 24.0 Å². The van der Waals surface area contributed by atoms with Crippen molar-refractivity contribution >= 4 is 51.7 Å². The number of nitriles is 1. The van der Waals surface area contributed by atoms with Crippen LogP contribution < -0.4 is 10.1 Å². The maximum atomic E-state index is 13.0. The van der Waals surface area contributed by atoms with Gasteiger partial charge in [0.05, 0.1) is 5.56 Å². The summed E-state index contributed by atoms with van der Waals surface area (Å²) in [4.78, 5) is 17.3. The van der Waals surface area contributed by atoms with Crippen LogP contribution in [0.1, 0.15) is 21.6 Å². The molecule has 0 saturated heterocycles. The topological polar surface area (TPSA) is 75.0 Å². The lowest BCUT2D eigenvalue weighted by atomic mass is 10.1. The van der Waals surface area contributed by atoms with Crippen LogP contribution in [0.2, 0.25) is 10.0 Å². The number of aromatic nitrogens is 1. The van der Waals surface area contributed by atoms with Crippen LogP contribution in [-0.2, 0) is 17.4 Å². The predicted octanol–water partition coefficient (Wildman–Crippen LogP) is 7.17. The normalized spacial score (nSPS) is 11.6. The van der Waals surface area contributed by atoms with Gasteiger partial charge in [-0.2, -0.15) is 18.4 Å². The fourth-order valence-electron chi connectivity index (χ4n) is 2.90. The van der Waals surface area contributed by atoms with Crippen molar-refractivity contribution < 1.29 is 22.7 Å². The SMILES string of the molecule is C=CCOc1ccc(Cl)cc1C=C(C#N)C(=O)Nc1ncc(Cc2cc(C(F)(F)F)ccc2Cl)s1. The first-order valence-corrected chi connectivity index (χ1v) is 11.4. The molecule has 0 saturated carbocycles. The van der Waals surface area contributed by atoms with Gasteiger partial charge in [0.25, 0.3) is 5.91 Å². The Morgan fingerprint density at radius 1 is 1.26 bits per heavy atom. The third kappa shape index (κ3) is 7.09. The highest BCUT2D eigenvalue weighted by Gasteiger charge is 2.31. The molecule has 0 aliphatic rings. The summed E-state index contributed by atoms with van der Waals surface area (Å²) in [6.45, 7) is 3.79. The summed E-state index contributed by atoms with van der Waals surface area (Å²) in [5.41, 5.74) is -0.344. The maximum Gasteiger partial charge on any atom is 0.416 e. The number of halogens is 5. The van der Waals surface area contributed by atoms with Crippen LogP contribution in [0.3, 0.4) is 0 Å². The van der Waals surface area contributed by atoms with E-state index in [0.717, 1.165) is 23.5 Å². The molecular formula is C24H16Cl2F3N3O2S. The molecule has 0 bridgehead atoms. The van der Waals surface area contributed by atoms with Crippen molar-refractivity contribution in [1.29, 1.82) is 5.26 Å². The molecule has 180 valence electrons. The molecule has 1 heterocycles. The number of alkyl halides is 3. The van der Waals surface area contributed by atoms with Crippen molar-refractivity contribution in [1.82, 2.24) is 4.98 Å². The van der Waals surface area contributed by atoms with Gasteiger partial charge in [-0.15, -0.1) is 11.3 Å². The van der Waals surface area contributed by atoms with E-state index in [9.17, 15) is 23.2 Å². The van der Waals surface area contributed by atoms with Gasteiger partial charge in [-0.1, -0.05) is 35.9 Å². The first-order chi connectivity index (χ1) is 16.6. The van der Waals surface area contributed by atoms with Gasteiger partial charge in [-0.3, -0.25) is 10.1 Å². The molecule has 3 aromatic rings. The summed E-state index contributed by atoms with van der Waals surface area (Å²) >= 11 is 13.1. The number of hydrogen-bond donors (Lipinski definition) is 1. The minimum absolute atomic E-state index is 0.0871. The molecule has 35 heavy (non-hydrogen) atoms. The number of carbonyl (C=O) groups is 1. The van der Waals surface area contributed by atoms with E-state index in [-0.39, 0.29) is 34.3 Å². The van der Waals surface area contributed by atoms with Crippen LogP contribution >= 0.6 is 34.5 Å². The summed E-state index contributed by atoms with van der Waals surface area (Å²) in [6, 6.07) is 9.67. The highest BCUT2D eigenvalue weighted by Crippen LogP contribution is 2.33. The largest absolute Gasteiger partial charge is 0.489 e. The van der Waals surface area contributed by atoms with Gasteiger partial charge in [0, 0.05) is 33.1 Å². The molecule has 11 heteroatoms. The number of hydrogen-bond acceptors (Lipinski definition) is 5. The Morgan fingerprint density at radius 2 is 2.03 bits per heavy atom. The highest BCUT2D eigenvalue weighted by molar-refractivity contribution is 7.15. The predicted molar refractivity (Wildman–Crippen MR) is 131 cm³/mol. The second kappa shape index (κ2) is 11.4.